The van der Waals surface area contributed by atoms with Crippen LogP contribution in [0.5, 0.6) is 0 Å². The first kappa shape index (κ1) is 14.8. The van der Waals surface area contributed by atoms with Crippen molar-refractivity contribution in [2.45, 2.75) is 11.1 Å². The van der Waals surface area contributed by atoms with Gasteiger partial charge in [-0.1, -0.05) is 0 Å². The fraction of sp³-hybridized carbons (Fsp3) is 0.400. The van der Waals surface area contributed by atoms with Crippen molar-refractivity contribution >= 4 is 15.7 Å². The molecule has 0 aliphatic carbocycles. The van der Waals surface area contributed by atoms with E-state index in [1.165, 1.54) is 0 Å². The fourth-order valence-corrected chi connectivity index (χ4v) is 3.34. The quantitative estimate of drug-likeness (QED) is 0.622. The summed E-state index contributed by atoms with van der Waals surface area (Å²) in [5, 5.41) is 10.7. The Kier molecular flexibility index (Phi) is 3.99. The number of hydrogen-bond donors (Lipinski definition) is 1. The van der Waals surface area contributed by atoms with Crippen molar-refractivity contribution in [1.82, 2.24) is 4.31 Å². The molecule has 8 nitrogen and oxygen atoms in total. The lowest BCUT2D eigenvalue weighted by Gasteiger charge is -2.31. The number of nitrogens with two attached hydrogens (primary N) is 1. The van der Waals surface area contributed by atoms with Gasteiger partial charge in [-0.25, -0.2) is 8.42 Å². The van der Waals surface area contributed by atoms with E-state index >= 15 is 0 Å². The Balaban J connectivity index is 2.44. The van der Waals surface area contributed by atoms with E-state index in [9.17, 15) is 22.9 Å². The maximum Gasteiger partial charge on any atom is 0.306 e. The fourth-order valence-electron chi connectivity index (χ4n) is 1.83. The number of nitrogens with zero attached hydrogens (tertiary/aromatic N) is 2. The molecule has 0 saturated carbocycles. The molecule has 110 valence electrons. The molecule has 2 rings (SSSR count). The molecule has 1 aromatic rings. The second-order valence-electron chi connectivity index (χ2n) is 4.13. The van der Waals surface area contributed by atoms with Crippen molar-refractivity contribution in [2.24, 2.45) is 5.73 Å². The predicted octanol–water partition coefficient (Wildman–Crippen LogP) is 0.0396. The highest BCUT2D eigenvalue weighted by atomic mass is 32.2. The van der Waals surface area contributed by atoms with Crippen LogP contribution in [0.3, 0.4) is 0 Å². The number of morpholine rings is 1. The average molecular weight is 305 g/mol. The van der Waals surface area contributed by atoms with Crippen LogP contribution in [0.4, 0.5) is 10.1 Å². The third-order valence-electron chi connectivity index (χ3n) is 2.84. The normalized spacial score (nSPS) is 20.8. The minimum Gasteiger partial charge on any atom is -0.377 e. The van der Waals surface area contributed by atoms with Gasteiger partial charge in [0, 0.05) is 12.6 Å². The highest BCUT2D eigenvalue weighted by molar-refractivity contribution is 7.89. The van der Waals surface area contributed by atoms with Crippen LogP contribution in [0.1, 0.15) is 0 Å². The molecule has 0 bridgehead atoms. The zero-order valence-electron chi connectivity index (χ0n) is 10.2. The molecule has 1 saturated heterocycles. The Morgan fingerprint density at radius 2 is 2.20 bits per heavy atom. The standard InChI is InChI=1S/C10H12FN3O5S/c11-8-2-1-7(5-9(8)14(15)16)20(17,18)13-3-4-19-6-10(13)12/h1-2,5,10H,3-4,6,12H2. The van der Waals surface area contributed by atoms with Crippen LogP contribution in [0.2, 0.25) is 0 Å². The van der Waals surface area contributed by atoms with E-state index in [2.05, 4.69) is 0 Å². The van der Waals surface area contributed by atoms with Gasteiger partial charge < -0.3 is 10.5 Å². The van der Waals surface area contributed by atoms with E-state index in [0.29, 0.717) is 6.07 Å². The van der Waals surface area contributed by atoms with Crippen LogP contribution >= 0.6 is 0 Å². The summed E-state index contributed by atoms with van der Waals surface area (Å²) in [6, 6.07) is 2.41. The summed E-state index contributed by atoms with van der Waals surface area (Å²) in [5.74, 6) is -1.10. The molecular weight excluding hydrogens is 293 g/mol. The number of nitro groups is 1. The Labute approximate surface area is 114 Å². The summed E-state index contributed by atoms with van der Waals surface area (Å²) in [4.78, 5) is 9.30. The van der Waals surface area contributed by atoms with Crippen LogP contribution < -0.4 is 5.73 Å². The van der Waals surface area contributed by atoms with Crippen molar-refractivity contribution in [3.05, 3.63) is 34.1 Å². The summed E-state index contributed by atoms with van der Waals surface area (Å²) >= 11 is 0. The number of hydrogen-bond acceptors (Lipinski definition) is 6. The van der Waals surface area contributed by atoms with Gasteiger partial charge >= 0.3 is 5.69 Å². The second-order valence-corrected chi connectivity index (χ2v) is 6.02. The first-order valence-corrected chi connectivity index (χ1v) is 7.07. The molecule has 20 heavy (non-hydrogen) atoms. The lowest BCUT2D eigenvalue weighted by molar-refractivity contribution is -0.387. The molecule has 2 N–H and O–H groups in total. The summed E-state index contributed by atoms with van der Waals surface area (Å²) in [7, 11) is -4.03. The van der Waals surface area contributed by atoms with Crippen molar-refractivity contribution < 1.29 is 22.5 Å². The van der Waals surface area contributed by atoms with Crippen LogP contribution in [0.15, 0.2) is 23.1 Å². The van der Waals surface area contributed by atoms with Crippen molar-refractivity contribution in [2.75, 3.05) is 19.8 Å². The predicted molar refractivity (Wildman–Crippen MR) is 65.7 cm³/mol. The van der Waals surface area contributed by atoms with E-state index < -0.39 is 32.6 Å². The first-order chi connectivity index (χ1) is 9.34. The van der Waals surface area contributed by atoms with E-state index in [-0.39, 0.29) is 24.7 Å². The van der Waals surface area contributed by atoms with Crippen molar-refractivity contribution in [3.8, 4) is 0 Å². The van der Waals surface area contributed by atoms with Crippen LogP contribution in [-0.4, -0.2) is 43.6 Å². The van der Waals surface area contributed by atoms with Crippen molar-refractivity contribution in [1.29, 1.82) is 0 Å². The Morgan fingerprint density at radius 1 is 1.50 bits per heavy atom. The molecule has 1 aromatic carbocycles. The largest absolute Gasteiger partial charge is 0.377 e. The maximum absolute atomic E-state index is 13.2. The van der Waals surface area contributed by atoms with Crippen molar-refractivity contribution in [3.63, 3.8) is 0 Å². The van der Waals surface area contributed by atoms with Crippen LogP contribution in [-0.2, 0) is 14.8 Å². The second kappa shape index (κ2) is 5.40. The third-order valence-corrected chi connectivity index (χ3v) is 4.76. The zero-order chi connectivity index (χ0) is 14.9. The van der Waals surface area contributed by atoms with E-state index in [1.54, 1.807) is 0 Å². The van der Waals surface area contributed by atoms with Gasteiger partial charge in [-0.3, -0.25) is 10.1 Å². The molecule has 1 unspecified atom stereocenters. The van der Waals surface area contributed by atoms with E-state index in [4.69, 9.17) is 10.5 Å². The topological polar surface area (TPSA) is 116 Å². The SMILES string of the molecule is NC1COCCN1S(=O)(=O)c1ccc(F)c([N+](=O)[O-])c1. The van der Waals surface area contributed by atoms with Gasteiger partial charge in [0.15, 0.2) is 0 Å². The Morgan fingerprint density at radius 3 is 2.80 bits per heavy atom. The number of halogens is 1. The molecule has 0 amide bonds. The monoisotopic (exact) mass is 305 g/mol. The van der Waals surface area contributed by atoms with Crippen LogP contribution in [0, 0.1) is 15.9 Å². The molecule has 1 aliphatic heterocycles. The third kappa shape index (κ3) is 2.63. The molecular formula is C10H12FN3O5S. The molecule has 1 aliphatic rings. The summed E-state index contributed by atoms with van der Waals surface area (Å²) in [5.41, 5.74) is 4.75. The molecule has 1 atom stereocenters. The lowest BCUT2D eigenvalue weighted by atomic mass is 10.3. The number of ether oxygens (including phenoxy) is 1. The van der Waals surface area contributed by atoms with Gasteiger partial charge in [0.2, 0.25) is 15.8 Å². The Hall–Kier alpha value is -1.62. The number of nitro benzene ring substituents is 1. The minimum absolute atomic E-state index is 0.0303. The molecule has 0 radical (unpaired) electrons. The molecule has 1 heterocycles. The van der Waals surface area contributed by atoms with Gasteiger partial charge in [0.1, 0.15) is 0 Å². The van der Waals surface area contributed by atoms with E-state index in [0.717, 1.165) is 16.4 Å². The zero-order valence-corrected chi connectivity index (χ0v) is 11.0. The average Bonchev–Trinajstić information content (AvgIpc) is 2.38. The molecule has 0 aromatic heterocycles. The van der Waals surface area contributed by atoms with Gasteiger partial charge in [0.05, 0.1) is 29.2 Å². The number of rotatable bonds is 3. The highest BCUT2D eigenvalue weighted by Crippen LogP contribution is 2.25. The summed E-state index contributed by atoms with van der Waals surface area (Å²) in [6.07, 6.45) is -0.877. The molecule has 1 fully saturated rings. The lowest BCUT2D eigenvalue weighted by Crippen LogP contribution is -2.53. The van der Waals surface area contributed by atoms with Crippen LogP contribution in [0.25, 0.3) is 0 Å². The van der Waals surface area contributed by atoms with Gasteiger partial charge in [-0.15, -0.1) is 0 Å². The molecule has 0 spiro atoms. The number of benzene rings is 1. The van der Waals surface area contributed by atoms with Gasteiger partial charge in [-0.05, 0) is 12.1 Å². The highest BCUT2D eigenvalue weighted by Gasteiger charge is 2.33. The maximum atomic E-state index is 13.2. The summed E-state index contributed by atoms with van der Waals surface area (Å²) < 4.78 is 43.9. The van der Waals surface area contributed by atoms with E-state index in [1.807, 2.05) is 0 Å². The van der Waals surface area contributed by atoms with Gasteiger partial charge in [-0.2, -0.15) is 8.70 Å². The van der Waals surface area contributed by atoms with Gasteiger partial charge in [0.25, 0.3) is 0 Å². The smallest absolute Gasteiger partial charge is 0.306 e. The first-order valence-electron chi connectivity index (χ1n) is 5.63. The summed E-state index contributed by atoms with van der Waals surface area (Å²) in [6.45, 7) is 0.243. The number of sulfonamides is 1. The minimum atomic E-state index is -4.03. The molecule has 10 heteroatoms. The Bertz CT molecular complexity index is 636.